The molecule has 0 saturated heterocycles. The molecule has 21 heavy (non-hydrogen) atoms. The minimum Gasteiger partial charge on any atom is -0.508 e. The highest BCUT2D eigenvalue weighted by Gasteiger charge is 2.05. The molecule has 4 heteroatoms. The Bertz CT molecular complexity index is 785. The van der Waals surface area contributed by atoms with E-state index in [1.54, 1.807) is 12.1 Å². The second kappa shape index (κ2) is 5.40. The molecule has 0 bridgehead atoms. The summed E-state index contributed by atoms with van der Waals surface area (Å²) in [5.41, 5.74) is 0.943. The summed E-state index contributed by atoms with van der Waals surface area (Å²) >= 11 is 0. The van der Waals surface area contributed by atoms with Crippen molar-refractivity contribution >= 4 is 10.8 Å². The van der Waals surface area contributed by atoms with Gasteiger partial charge in [0.1, 0.15) is 17.8 Å². The van der Waals surface area contributed by atoms with Crippen molar-refractivity contribution in [2.45, 2.75) is 19.8 Å². The molecule has 3 aromatic rings. The molecule has 1 heterocycles. The van der Waals surface area contributed by atoms with Crippen molar-refractivity contribution in [2.24, 2.45) is 0 Å². The second-order valence-corrected chi connectivity index (χ2v) is 5.23. The number of aromatic hydroxyl groups is 1. The van der Waals surface area contributed by atoms with Gasteiger partial charge >= 0.3 is 0 Å². The highest BCUT2D eigenvalue weighted by atomic mass is 16.5. The van der Waals surface area contributed by atoms with E-state index in [1.807, 2.05) is 30.3 Å². The van der Waals surface area contributed by atoms with Crippen LogP contribution in [-0.2, 0) is 0 Å². The average molecular weight is 280 g/mol. The van der Waals surface area contributed by atoms with Crippen LogP contribution in [0.2, 0.25) is 0 Å². The Morgan fingerprint density at radius 3 is 2.57 bits per heavy atom. The number of aromatic nitrogens is 2. The van der Waals surface area contributed by atoms with Crippen molar-refractivity contribution in [2.75, 3.05) is 0 Å². The number of hydrogen-bond donors (Lipinski definition) is 1. The summed E-state index contributed by atoms with van der Waals surface area (Å²) < 4.78 is 5.78. The fraction of sp³-hybridized carbons (Fsp3) is 0.176. The summed E-state index contributed by atoms with van der Waals surface area (Å²) in [6.07, 6.45) is 1.51. The van der Waals surface area contributed by atoms with Gasteiger partial charge in [0.05, 0.1) is 5.69 Å². The van der Waals surface area contributed by atoms with Crippen molar-refractivity contribution in [3.05, 3.63) is 54.5 Å². The topological polar surface area (TPSA) is 55.2 Å². The lowest BCUT2D eigenvalue weighted by molar-refractivity contribution is 0.460. The first kappa shape index (κ1) is 13.4. The Morgan fingerprint density at radius 2 is 1.76 bits per heavy atom. The third-order valence-electron chi connectivity index (χ3n) is 3.27. The van der Waals surface area contributed by atoms with Crippen molar-refractivity contribution in [1.29, 1.82) is 0 Å². The molecule has 3 rings (SSSR count). The molecule has 0 saturated carbocycles. The first-order valence-corrected chi connectivity index (χ1v) is 6.84. The van der Waals surface area contributed by atoms with Gasteiger partial charge in [-0.2, -0.15) is 0 Å². The normalized spacial score (nSPS) is 11.0. The second-order valence-electron chi connectivity index (χ2n) is 5.23. The van der Waals surface area contributed by atoms with Gasteiger partial charge in [0, 0.05) is 6.07 Å². The van der Waals surface area contributed by atoms with Crippen molar-refractivity contribution in [3.63, 3.8) is 0 Å². The summed E-state index contributed by atoms with van der Waals surface area (Å²) in [6, 6.07) is 12.8. The maximum atomic E-state index is 9.55. The number of rotatable bonds is 3. The maximum Gasteiger partial charge on any atom is 0.222 e. The summed E-state index contributed by atoms with van der Waals surface area (Å²) in [6.45, 7) is 4.15. The smallest absolute Gasteiger partial charge is 0.222 e. The number of fused-ring (bicyclic) bond motifs is 1. The molecule has 1 N–H and O–H groups in total. The van der Waals surface area contributed by atoms with E-state index in [2.05, 4.69) is 23.8 Å². The molecule has 0 aliphatic carbocycles. The van der Waals surface area contributed by atoms with Crippen LogP contribution < -0.4 is 4.74 Å². The molecule has 4 nitrogen and oxygen atoms in total. The van der Waals surface area contributed by atoms with Gasteiger partial charge in [-0.1, -0.05) is 26.0 Å². The fourth-order valence-corrected chi connectivity index (χ4v) is 2.12. The lowest BCUT2D eigenvalue weighted by Gasteiger charge is -2.08. The molecule has 1 aromatic heterocycles. The SMILES string of the molecule is CC(C)c1cc(Oc2ccc3ccc(O)cc3c2)ncn1. The lowest BCUT2D eigenvalue weighted by Crippen LogP contribution is -1.95. The Morgan fingerprint density at radius 1 is 0.952 bits per heavy atom. The summed E-state index contributed by atoms with van der Waals surface area (Å²) in [5, 5.41) is 11.5. The average Bonchev–Trinajstić information content (AvgIpc) is 2.47. The van der Waals surface area contributed by atoms with Crippen LogP contribution >= 0.6 is 0 Å². The Hall–Kier alpha value is -2.62. The lowest BCUT2D eigenvalue weighted by atomic mass is 10.1. The standard InChI is InChI=1S/C17H16N2O2/c1-11(2)16-9-17(19-10-18-16)21-15-6-4-12-3-5-14(20)7-13(12)8-15/h3-11,20H,1-2H3. The van der Waals surface area contributed by atoms with Gasteiger partial charge in [-0.25, -0.2) is 9.97 Å². The summed E-state index contributed by atoms with van der Waals surface area (Å²) in [7, 11) is 0. The van der Waals surface area contributed by atoms with E-state index >= 15 is 0 Å². The number of hydrogen-bond acceptors (Lipinski definition) is 4. The van der Waals surface area contributed by atoms with Crippen LogP contribution in [0.5, 0.6) is 17.4 Å². The number of phenolic OH excluding ortho intramolecular Hbond substituents is 1. The Kier molecular flexibility index (Phi) is 3.44. The molecule has 0 unspecified atom stereocenters. The maximum absolute atomic E-state index is 9.55. The van der Waals surface area contributed by atoms with Crippen molar-refractivity contribution < 1.29 is 9.84 Å². The third kappa shape index (κ3) is 2.94. The number of nitrogens with zero attached hydrogens (tertiary/aromatic N) is 2. The predicted molar refractivity (Wildman–Crippen MR) is 81.8 cm³/mol. The van der Waals surface area contributed by atoms with E-state index in [0.717, 1.165) is 16.5 Å². The minimum absolute atomic E-state index is 0.240. The fourth-order valence-electron chi connectivity index (χ4n) is 2.12. The van der Waals surface area contributed by atoms with E-state index in [1.165, 1.54) is 6.33 Å². The van der Waals surface area contributed by atoms with Gasteiger partial charge in [0.2, 0.25) is 5.88 Å². The van der Waals surface area contributed by atoms with Crippen LogP contribution in [-0.4, -0.2) is 15.1 Å². The van der Waals surface area contributed by atoms with Crippen LogP contribution in [0, 0.1) is 0 Å². The Labute approximate surface area is 123 Å². The third-order valence-corrected chi connectivity index (χ3v) is 3.27. The van der Waals surface area contributed by atoms with Crippen LogP contribution in [0.1, 0.15) is 25.5 Å². The van der Waals surface area contributed by atoms with E-state index in [4.69, 9.17) is 4.74 Å². The zero-order chi connectivity index (χ0) is 14.8. The monoisotopic (exact) mass is 280 g/mol. The van der Waals surface area contributed by atoms with Gasteiger partial charge in [-0.15, -0.1) is 0 Å². The molecule has 0 amide bonds. The van der Waals surface area contributed by atoms with E-state index in [-0.39, 0.29) is 5.75 Å². The van der Waals surface area contributed by atoms with Gasteiger partial charge in [0.25, 0.3) is 0 Å². The van der Waals surface area contributed by atoms with Crippen molar-refractivity contribution in [3.8, 4) is 17.4 Å². The summed E-state index contributed by atoms with van der Waals surface area (Å²) in [4.78, 5) is 8.35. The zero-order valence-corrected chi connectivity index (χ0v) is 11.9. The first-order chi connectivity index (χ1) is 10.1. The molecule has 0 aliphatic heterocycles. The molecule has 0 atom stereocenters. The van der Waals surface area contributed by atoms with Crippen LogP contribution in [0.3, 0.4) is 0 Å². The van der Waals surface area contributed by atoms with E-state index < -0.39 is 0 Å². The highest BCUT2D eigenvalue weighted by Crippen LogP contribution is 2.27. The summed E-state index contributed by atoms with van der Waals surface area (Å²) in [5.74, 6) is 1.77. The first-order valence-electron chi connectivity index (χ1n) is 6.84. The largest absolute Gasteiger partial charge is 0.508 e. The zero-order valence-electron chi connectivity index (χ0n) is 11.9. The number of ether oxygens (including phenoxy) is 1. The van der Waals surface area contributed by atoms with E-state index in [9.17, 15) is 5.11 Å². The highest BCUT2D eigenvalue weighted by molar-refractivity contribution is 5.85. The van der Waals surface area contributed by atoms with Crippen LogP contribution in [0.15, 0.2) is 48.8 Å². The molecule has 0 radical (unpaired) electrons. The molecule has 0 aliphatic rings. The quantitative estimate of drug-likeness (QED) is 0.779. The van der Waals surface area contributed by atoms with Crippen LogP contribution in [0.4, 0.5) is 0 Å². The van der Waals surface area contributed by atoms with Gasteiger partial charge < -0.3 is 9.84 Å². The van der Waals surface area contributed by atoms with Gasteiger partial charge in [-0.05, 0) is 41.0 Å². The van der Waals surface area contributed by atoms with Gasteiger partial charge in [0.15, 0.2) is 0 Å². The molecule has 0 fully saturated rings. The number of phenols is 1. The van der Waals surface area contributed by atoms with Gasteiger partial charge in [-0.3, -0.25) is 0 Å². The molecule has 0 spiro atoms. The molecular weight excluding hydrogens is 264 g/mol. The minimum atomic E-state index is 0.240. The molecule has 2 aromatic carbocycles. The predicted octanol–water partition coefficient (Wildman–Crippen LogP) is 4.25. The number of benzene rings is 2. The molecule has 106 valence electrons. The Balaban J connectivity index is 1.92. The van der Waals surface area contributed by atoms with Crippen LogP contribution in [0.25, 0.3) is 10.8 Å². The molecular formula is C17H16N2O2. The van der Waals surface area contributed by atoms with E-state index in [0.29, 0.717) is 17.5 Å². The van der Waals surface area contributed by atoms with Crippen molar-refractivity contribution in [1.82, 2.24) is 9.97 Å².